The molecule has 0 unspecified atom stereocenters. The number of halogens is 2. The van der Waals surface area contributed by atoms with Crippen molar-refractivity contribution in [1.29, 1.82) is 0 Å². The third-order valence-corrected chi connectivity index (χ3v) is 3.21. The van der Waals surface area contributed by atoms with Gasteiger partial charge in [-0.2, -0.15) is 12.8 Å². The fraction of sp³-hybridized carbons (Fsp3) is 0. The largest absolute Gasteiger partial charge is 0.397 e. The summed E-state index contributed by atoms with van der Waals surface area (Å²) >= 11 is 0. The van der Waals surface area contributed by atoms with Crippen molar-refractivity contribution < 1.29 is 21.8 Å². The van der Waals surface area contributed by atoms with Gasteiger partial charge in [-0.05, 0) is 11.4 Å². The van der Waals surface area contributed by atoms with Crippen LogP contribution in [0, 0.1) is 0 Å². The van der Waals surface area contributed by atoms with Crippen LogP contribution in [0.15, 0.2) is 34.3 Å². The van der Waals surface area contributed by atoms with Crippen LogP contribution in [0.4, 0.5) is 14.6 Å². The van der Waals surface area contributed by atoms with E-state index in [2.05, 4.69) is 5.10 Å². The maximum atomic E-state index is 13.0. The summed E-state index contributed by atoms with van der Waals surface area (Å²) in [5.74, 6) is -1.13. The Hall–Kier alpha value is -2.20. The highest BCUT2D eigenvalue weighted by atomic mass is 32.2. The highest BCUT2D eigenvalue weighted by molar-refractivity contribution is 7.86. The van der Waals surface area contributed by atoms with E-state index in [4.69, 9.17) is 10.3 Å². The lowest BCUT2D eigenvalue weighted by atomic mass is 10.1. The lowest BCUT2D eigenvalue weighted by Crippen LogP contribution is -2.29. The smallest absolute Gasteiger partial charge is 0.296 e. The zero-order valence-corrected chi connectivity index (χ0v) is 10.0. The summed E-state index contributed by atoms with van der Waals surface area (Å²) in [6, 6.07) is 3.66. The predicted molar refractivity (Wildman–Crippen MR) is 63.3 cm³/mol. The zero-order valence-electron chi connectivity index (χ0n) is 9.21. The Balaban J connectivity index is 2.57. The first kappa shape index (κ1) is 13.2. The van der Waals surface area contributed by atoms with Gasteiger partial charge in [-0.3, -0.25) is 9.98 Å². The number of para-hydroxylation sites is 1. The van der Waals surface area contributed by atoms with Crippen molar-refractivity contribution >= 4 is 27.5 Å². The SMILES string of the molecule is Nc1c(C2=CC(F)=NN(F)N2)cccc1S(=O)(=O)O. The number of nitrogens with one attached hydrogen (secondary N) is 1. The van der Waals surface area contributed by atoms with Crippen molar-refractivity contribution in [1.82, 2.24) is 10.8 Å². The number of rotatable bonds is 2. The predicted octanol–water partition coefficient (Wildman–Crippen LogP) is 0.844. The van der Waals surface area contributed by atoms with E-state index in [1.54, 1.807) is 0 Å². The molecule has 0 aromatic heterocycles. The topological polar surface area (TPSA) is 108 Å². The molecule has 1 aromatic carbocycles. The first-order chi connectivity index (χ1) is 8.79. The highest BCUT2D eigenvalue weighted by Crippen LogP contribution is 2.28. The van der Waals surface area contributed by atoms with Gasteiger partial charge < -0.3 is 5.73 Å². The highest BCUT2D eigenvalue weighted by Gasteiger charge is 2.21. The molecule has 0 radical (unpaired) electrons. The average molecular weight is 290 g/mol. The molecule has 0 saturated carbocycles. The first-order valence-corrected chi connectivity index (χ1v) is 6.28. The molecule has 102 valence electrons. The summed E-state index contributed by atoms with van der Waals surface area (Å²) in [5, 5.41) is 2.40. The second-order valence-electron chi connectivity index (χ2n) is 3.55. The summed E-state index contributed by atoms with van der Waals surface area (Å²) in [5.41, 5.74) is 7.12. The standard InChI is InChI=1S/C9H8F2N4O3S/c10-8-4-6(13-15(11)14-8)5-2-1-3-7(9(5)12)19(16,17)18/h1-4,13H,12H2,(H,16,17,18). The molecule has 0 bridgehead atoms. The van der Waals surface area contributed by atoms with Crippen LogP contribution in [0.25, 0.3) is 5.70 Å². The number of nitrogens with zero attached hydrogens (tertiary/aromatic N) is 2. The maximum absolute atomic E-state index is 13.0. The Morgan fingerprint density at radius 1 is 1.42 bits per heavy atom. The van der Waals surface area contributed by atoms with Gasteiger partial charge in [-0.25, -0.2) is 0 Å². The molecule has 0 saturated heterocycles. The summed E-state index contributed by atoms with van der Waals surface area (Å²) in [6.07, 6.45) is 0.829. The van der Waals surface area contributed by atoms with E-state index >= 15 is 0 Å². The molecule has 0 spiro atoms. The fourth-order valence-electron chi connectivity index (χ4n) is 1.53. The van der Waals surface area contributed by atoms with Crippen LogP contribution in [0.2, 0.25) is 0 Å². The second-order valence-corrected chi connectivity index (χ2v) is 4.94. The van der Waals surface area contributed by atoms with Crippen LogP contribution in [-0.2, 0) is 10.1 Å². The van der Waals surface area contributed by atoms with Crippen molar-refractivity contribution in [3.63, 3.8) is 0 Å². The van der Waals surface area contributed by atoms with E-state index < -0.39 is 21.0 Å². The molecule has 1 aromatic rings. The van der Waals surface area contributed by atoms with E-state index in [-0.39, 0.29) is 22.3 Å². The van der Waals surface area contributed by atoms with Gasteiger partial charge in [0.15, 0.2) is 0 Å². The molecule has 1 aliphatic heterocycles. The molecule has 1 aliphatic rings. The van der Waals surface area contributed by atoms with E-state index in [0.29, 0.717) is 0 Å². The molecule has 0 fully saturated rings. The monoisotopic (exact) mass is 290 g/mol. The quantitative estimate of drug-likeness (QED) is 0.423. The molecule has 10 heteroatoms. The Kier molecular flexibility index (Phi) is 3.12. The number of hydrogen-bond acceptors (Lipinski definition) is 6. The van der Waals surface area contributed by atoms with Gasteiger partial charge in [0.05, 0.1) is 11.4 Å². The normalized spacial score (nSPS) is 15.6. The van der Waals surface area contributed by atoms with Gasteiger partial charge in [-0.15, -0.1) is 0 Å². The second kappa shape index (κ2) is 4.48. The minimum Gasteiger partial charge on any atom is -0.397 e. The van der Waals surface area contributed by atoms with Crippen molar-refractivity contribution in [2.45, 2.75) is 4.90 Å². The number of hydrazine groups is 1. The Morgan fingerprint density at radius 2 is 2.11 bits per heavy atom. The van der Waals surface area contributed by atoms with E-state index in [0.717, 1.165) is 12.1 Å². The van der Waals surface area contributed by atoms with Crippen molar-refractivity contribution in [2.24, 2.45) is 5.10 Å². The van der Waals surface area contributed by atoms with Gasteiger partial charge in [-0.1, -0.05) is 21.7 Å². The van der Waals surface area contributed by atoms with E-state index in [9.17, 15) is 17.3 Å². The van der Waals surface area contributed by atoms with Crippen molar-refractivity contribution in [3.05, 3.63) is 29.8 Å². The number of allylic oxidation sites excluding steroid dienone is 1. The molecule has 4 N–H and O–H groups in total. The van der Waals surface area contributed by atoms with Crippen LogP contribution in [0.1, 0.15) is 5.56 Å². The first-order valence-electron chi connectivity index (χ1n) is 4.84. The van der Waals surface area contributed by atoms with Crippen molar-refractivity contribution in [2.75, 3.05) is 5.73 Å². The summed E-state index contributed by atoms with van der Waals surface area (Å²) in [7, 11) is -4.53. The zero-order chi connectivity index (χ0) is 14.2. The number of anilines is 1. The lowest BCUT2D eigenvalue weighted by molar-refractivity contribution is -0.0104. The Morgan fingerprint density at radius 3 is 2.68 bits per heavy atom. The molecule has 0 amide bonds. The molecule has 1 heterocycles. The van der Waals surface area contributed by atoms with Gasteiger partial charge in [0.2, 0.25) is 5.97 Å². The van der Waals surface area contributed by atoms with Crippen LogP contribution in [0.5, 0.6) is 0 Å². The molecular weight excluding hydrogens is 282 g/mol. The summed E-state index contributed by atoms with van der Waals surface area (Å²) in [4.78, 5) is -0.555. The lowest BCUT2D eigenvalue weighted by Gasteiger charge is -2.19. The number of hydrogen-bond donors (Lipinski definition) is 3. The third-order valence-electron chi connectivity index (χ3n) is 2.29. The molecule has 7 nitrogen and oxygen atoms in total. The number of nitrogens with two attached hydrogens (primary N) is 1. The third kappa shape index (κ3) is 2.63. The van der Waals surface area contributed by atoms with Crippen LogP contribution in [0.3, 0.4) is 0 Å². The minimum absolute atomic E-state index is 0.00262. The van der Waals surface area contributed by atoms with Crippen LogP contribution < -0.4 is 11.2 Å². The summed E-state index contributed by atoms with van der Waals surface area (Å²) < 4.78 is 57.0. The number of benzene rings is 1. The maximum Gasteiger partial charge on any atom is 0.296 e. The number of nitrogen functional groups attached to an aromatic ring is 1. The van der Waals surface area contributed by atoms with Gasteiger partial charge in [0.25, 0.3) is 10.1 Å². The average Bonchev–Trinajstić information content (AvgIpc) is 2.26. The summed E-state index contributed by atoms with van der Waals surface area (Å²) in [6.45, 7) is 0. The van der Waals surface area contributed by atoms with Gasteiger partial charge >= 0.3 is 0 Å². The molecule has 19 heavy (non-hydrogen) atoms. The van der Waals surface area contributed by atoms with Gasteiger partial charge in [0, 0.05) is 11.6 Å². The van der Waals surface area contributed by atoms with Crippen LogP contribution in [-0.4, -0.2) is 24.3 Å². The molecule has 2 rings (SSSR count). The Bertz CT molecular complexity index is 687. The van der Waals surface area contributed by atoms with Crippen LogP contribution >= 0.6 is 0 Å². The van der Waals surface area contributed by atoms with Crippen molar-refractivity contribution in [3.8, 4) is 0 Å². The van der Waals surface area contributed by atoms with Gasteiger partial charge in [0.1, 0.15) is 4.90 Å². The van der Waals surface area contributed by atoms with E-state index in [1.165, 1.54) is 12.1 Å². The molecule has 0 aliphatic carbocycles. The minimum atomic E-state index is -4.53. The molecule has 0 atom stereocenters. The Labute approximate surface area is 106 Å². The number of hydrazone groups is 1. The van der Waals surface area contributed by atoms with E-state index in [1.807, 2.05) is 5.43 Å². The fourth-order valence-corrected chi connectivity index (χ4v) is 2.17. The molecular formula is C9H8F2N4O3S.